The molecule has 1 aliphatic rings. The van der Waals surface area contributed by atoms with Crippen molar-refractivity contribution in [3.05, 3.63) is 48.0 Å². The van der Waals surface area contributed by atoms with E-state index in [0.29, 0.717) is 5.69 Å². The van der Waals surface area contributed by atoms with Gasteiger partial charge in [-0.25, -0.2) is 4.98 Å². The molecule has 2 aromatic rings. The van der Waals surface area contributed by atoms with E-state index in [1.807, 2.05) is 52.8 Å². The molecule has 1 fully saturated rings. The smallest absolute Gasteiger partial charge is 0.399 e. The van der Waals surface area contributed by atoms with Crippen LogP contribution in [0.15, 0.2) is 36.8 Å². The minimum absolute atomic E-state index is 0.265. The fourth-order valence-electron chi connectivity index (χ4n) is 2.61. The van der Waals surface area contributed by atoms with Crippen LogP contribution in [-0.2, 0) is 9.31 Å². The zero-order chi connectivity index (χ0) is 18.2. The fourth-order valence-corrected chi connectivity index (χ4v) is 2.61. The highest BCUT2D eigenvalue weighted by molar-refractivity contribution is 6.62. The van der Waals surface area contributed by atoms with Crippen molar-refractivity contribution in [2.24, 2.45) is 0 Å². The molecule has 1 aromatic carbocycles. The number of benzene rings is 1. The minimum atomic E-state index is -0.475. The predicted octanol–water partition coefficient (Wildman–Crippen LogP) is 2.34. The van der Waals surface area contributed by atoms with Crippen molar-refractivity contribution in [3.8, 4) is 0 Å². The van der Waals surface area contributed by atoms with Crippen molar-refractivity contribution in [1.29, 1.82) is 0 Å². The van der Waals surface area contributed by atoms with E-state index >= 15 is 0 Å². The Morgan fingerprint density at radius 3 is 2.36 bits per heavy atom. The lowest BCUT2D eigenvalue weighted by atomic mass is 9.78. The lowest BCUT2D eigenvalue weighted by Crippen LogP contribution is -2.41. The summed E-state index contributed by atoms with van der Waals surface area (Å²) in [5.41, 5.74) is 1.98. The summed E-state index contributed by atoms with van der Waals surface area (Å²) in [6, 6.07) is 5.76. The molecule has 0 unspecified atom stereocenters. The SMILES string of the molecule is Cc1cc(NC(=O)c2cnccn2)cc(B2OC(C)(C)C(C)(C)O2)c1. The van der Waals surface area contributed by atoms with Gasteiger partial charge in [0.1, 0.15) is 5.69 Å². The number of aryl methyl sites for hydroxylation is 1. The molecule has 0 saturated carbocycles. The summed E-state index contributed by atoms with van der Waals surface area (Å²) in [6.07, 6.45) is 4.45. The van der Waals surface area contributed by atoms with E-state index in [9.17, 15) is 4.79 Å². The van der Waals surface area contributed by atoms with Gasteiger partial charge < -0.3 is 14.6 Å². The second-order valence-corrected chi connectivity index (χ2v) is 7.27. The molecule has 6 nitrogen and oxygen atoms in total. The van der Waals surface area contributed by atoms with E-state index in [1.165, 1.54) is 18.6 Å². The van der Waals surface area contributed by atoms with Crippen molar-refractivity contribution in [1.82, 2.24) is 9.97 Å². The quantitative estimate of drug-likeness (QED) is 0.869. The lowest BCUT2D eigenvalue weighted by Gasteiger charge is -2.32. The van der Waals surface area contributed by atoms with E-state index in [4.69, 9.17) is 9.31 Å². The molecule has 130 valence electrons. The van der Waals surface area contributed by atoms with Gasteiger partial charge in [0.2, 0.25) is 0 Å². The van der Waals surface area contributed by atoms with E-state index in [1.54, 1.807) is 0 Å². The highest BCUT2D eigenvalue weighted by Crippen LogP contribution is 2.36. The first-order chi connectivity index (χ1) is 11.7. The molecule has 0 atom stereocenters. The topological polar surface area (TPSA) is 73.3 Å². The third kappa shape index (κ3) is 3.57. The average molecular weight is 339 g/mol. The molecule has 0 bridgehead atoms. The van der Waals surface area contributed by atoms with Gasteiger partial charge in [0.15, 0.2) is 0 Å². The monoisotopic (exact) mass is 339 g/mol. The first-order valence-corrected chi connectivity index (χ1v) is 8.22. The standard InChI is InChI=1S/C18H22BN3O3/c1-12-8-13(19-24-17(2,3)18(4,5)25-19)10-14(9-12)22-16(23)15-11-20-6-7-21-15/h6-11H,1-5H3,(H,22,23). The molecule has 25 heavy (non-hydrogen) atoms. The van der Waals surface area contributed by atoms with Gasteiger partial charge in [0.05, 0.1) is 17.4 Å². The Kier molecular flexibility index (Phi) is 4.39. The van der Waals surface area contributed by atoms with Crippen molar-refractivity contribution < 1.29 is 14.1 Å². The van der Waals surface area contributed by atoms with Gasteiger partial charge in [0, 0.05) is 18.1 Å². The van der Waals surface area contributed by atoms with Crippen molar-refractivity contribution in [2.45, 2.75) is 45.8 Å². The van der Waals surface area contributed by atoms with E-state index in [2.05, 4.69) is 15.3 Å². The number of nitrogens with one attached hydrogen (secondary N) is 1. The van der Waals surface area contributed by atoms with Crippen LogP contribution >= 0.6 is 0 Å². The number of carbonyl (C=O) groups is 1. The largest absolute Gasteiger partial charge is 0.494 e. The van der Waals surface area contributed by atoms with Crippen molar-refractivity contribution in [3.63, 3.8) is 0 Å². The van der Waals surface area contributed by atoms with Crippen molar-refractivity contribution >= 4 is 24.2 Å². The second-order valence-electron chi connectivity index (χ2n) is 7.27. The van der Waals surface area contributed by atoms with Crippen LogP contribution in [-0.4, -0.2) is 34.2 Å². The molecule has 7 heteroatoms. The fraction of sp³-hybridized carbons (Fsp3) is 0.389. The maximum atomic E-state index is 12.3. The van der Waals surface area contributed by atoms with Gasteiger partial charge in [-0.05, 0) is 57.8 Å². The first-order valence-electron chi connectivity index (χ1n) is 8.22. The van der Waals surface area contributed by atoms with Crippen molar-refractivity contribution in [2.75, 3.05) is 5.32 Å². The van der Waals surface area contributed by atoms with Gasteiger partial charge in [-0.3, -0.25) is 9.78 Å². The van der Waals surface area contributed by atoms with Gasteiger partial charge in [-0.15, -0.1) is 0 Å². The van der Waals surface area contributed by atoms with Crippen LogP contribution in [0.2, 0.25) is 0 Å². The van der Waals surface area contributed by atoms with Crippen LogP contribution in [0.3, 0.4) is 0 Å². The number of carbonyl (C=O) groups excluding carboxylic acids is 1. The first kappa shape index (κ1) is 17.6. The molecule has 0 spiro atoms. The summed E-state index contributed by atoms with van der Waals surface area (Å²) in [7, 11) is -0.475. The zero-order valence-corrected chi connectivity index (χ0v) is 15.2. The second kappa shape index (κ2) is 6.24. The zero-order valence-electron chi connectivity index (χ0n) is 15.2. The number of aromatic nitrogens is 2. The molecule has 1 aliphatic heterocycles. The molecular formula is C18H22BN3O3. The van der Waals surface area contributed by atoms with Gasteiger partial charge >= 0.3 is 7.12 Å². The molecule has 1 N–H and O–H groups in total. The third-order valence-electron chi connectivity index (χ3n) is 4.68. The Labute approximate surface area is 148 Å². The Morgan fingerprint density at radius 2 is 1.76 bits per heavy atom. The van der Waals surface area contributed by atoms with Gasteiger partial charge in [-0.1, -0.05) is 6.07 Å². The molecule has 0 aliphatic carbocycles. The summed E-state index contributed by atoms with van der Waals surface area (Å²) in [5.74, 6) is -0.307. The van der Waals surface area contributed by atoms with Crippen LogP contribution < -0.4 is 10.8 Å². The van der Waals surface area contributed by atoms with Crippen LogP contribution in [0.25, 0.3) is 0 Å². The summed E-state index contributed by atoms with van der Waals surface area (Å²) in [4.78, 5) is 20.2. The maximum absolute atomic E-state index is 12.3. The summed E-state index contributed by atoms with van der Waals surface area (Å²) < 4.78 is 12.2. The molecule has 3 rings (SSSR count). The summed E-state index contributed by atoms with van der Waals surface area (Å²) in [6.45, 7) is 10.0. The Morgan fingerprint density at radius 1 is 1.08 bits per heavy atom. The Balaban J connectivity index is 1.83. The number of anilines is 1. The van der Waals surface area contributed by atoms with E-state index < -0.39 is 18.3 Å². The number of amides is 1. The molecule has 0 radical (unpaired) electrons. The van der Waals surface area contributed by atoms with Crippen LogP contribution in [0.4, 0.5) is 5.69 Å². The van der Waals surface area contributed by atoms with E-state index in [-0.39, 0.29) is 11.6 Å². The molecule has 1 amide bonds. The van der Waals surface area contributed by atoms with Crippen LogP contribution in [0, 0.1) is 6.92 Å². The average Bonchev–Trinajstić information content (AvgIpc) is 2.76. The van der Waals surface area contributed by atoms with Gasteiger partial charge in [-0.2, -0.15) is 0 Å². The molecule has 1 saturated heterocycles. The number of hydrogen-bond acceptors (Lipinski definition) is 5. The number of nitrogens with zero attached hydrogens (tertiary/aromatic N) is 2. The summed E-state index contributed by atoms with van der Waals surface area (Å²) in [5, 5.41) is 2.85. The third-order valence-corrected chi connectivity index (χ3v) is 4.68. The minimum Gasteiger partial charge on any atom is -0.399 e. The van der Waals surface area contributed by atoms with Crippen LogP contribution in [0.5, 0.6) is 0 Å². The Hall–Kier alpha value is -2.25. The highest BCUT2D eigenvalue weighted by atomic mass is 16.7. The molecular weight excluding hydrogens is 317 g/mol. The van der Waals surface area contributed by atoms with Crippen LogP contribution in [0.1, 0.15) is 43.7 Å². The number of rotatable bonds is 3. The van der Waals surface area contributed by atoms with E-state index in [0.717, 1.165) is 11.0 Å². The number of hydrogen-bond donors (Lipinski definition) is 1. The highest BCUT2D eigenvalue weighted by Gasteiger charge is 2.51. The normalized spacial score (nSPS) is 18.2. The maximum Gasteiger partial charge on any atom is 0.494 e. The van der Waals surface area contributed by atoms with Gasteiger partial charge in [0.25, 0.3) is 5.91 Å². The summed E-state index contributed by atoms with van der Waals surface area (Å²) >= 11 is 0. The Bertz CT molecular complexity index is 777. The molecule has 1 aromatic heterocycles. The molecule has 2 heterocycles. The lowest BCUT2D eigenvalue weighted by molar-refractivity contribution is 0.00578. The predicted molar refractivity (Wildman–Crippen MR) is 96.9 cm³/mol.